The van der Waals surface area contributed by atoms with Gasteiger partial charge in [0.1, 0.15) is 16.1 Å². The van der Waals surface area contributed by atoms with Crippen molar-refractivity contribution in [2.75, 3.05) is 6.54 Å². The lowest BCUT2D eigenvalue weighted by Crippen LogP contribution is -2.32. The molecule has 0 saturated carbocycles. The predicted molar refractivity (Wildman–Crippen MR) is 101 cm³/mol. The van der Waals surface area contributed by atoms with Crippen molar-refractivity contribution in [3.63, 3.8) is 0 Å². The summed E-state index contributed by atoms with van der Waals surface area (Å²) in [5.74, 6) is 0.550. The van der Waals surface area contributed by atoms with Crippen LogP contribution in [0.25, 0.3) is 21.2 Å². The first-order chi connectivity index (χ1) is 12.7. The van der Waals surface area contributed by atoms with Crippen molar-refractivity contribution in [3.05, 3.63) is 63.7 Å². The Morgan fingerprint density at radius 1 is 1.31 bits per heavy atom. The zero-order valence-corrected chi connectivity index (χ0v) is 15.0. The molecule has 26 heavy (non-hydrogen) atoms. The van der Waals surface area contributed by atoms with Gasteiger partial charge in [0.05, 0.1) is 12.1 Å². The zero-order chi connectivity index (χ0) is 18.1. The number of H-pyrrole nitrogens is 1. The van der Waals surface area contributed by atoms with E-state index >= 15 is 0 Å². The molecule has 0 unspecified atom stereocenters. The molecule has 7 heteroatoms. The van der Waals surface area contributed by atoms with Crippen LogP contribution in [-0.2, 0) is 6.54 Å². The van der Waals surface area contributed by atoms with Gasteiger partial charge in [-0.1, -0.05) is 25.1 Å². The number of carbonyl (C=O) groups excluding carboxylic acids is 1. The first-order valence-electron chi connectivity index (χ1n) is 8.40. The first kappa shape index (κ1) is 16.5. The highest BCUT2D eigenvalue weighted by molar-refractivity contribution is 7.17. The van der Waals surface area contributed by atoms with Crippen molar-refractivity contribution in [1.82, 2.24) is 14.9 Å². The Bertz CT molecular complexity index is 1110. The molecule has 1 N–H and O–H groups in total. The number of fused-ring (bicyclic) bond motifs is 2. The van der Waals surface area contributed by atoms with Crippen molar-refractivity contribution < 1.29 is 9.21 Å². The van der Waals surface area contributed by atoms with Gasteiger partial charge in [-0.2, -0.15) is 0 Å². The molecular weight excluding hydrogens is 350 g/mol. The zero-order valence-electron chi connectivity index (χ0n) is 14.2. The lowest BCUT2D eigenvalue weighted by atomic mass is 10.2. The molecule has 0 aliphatic carbocycles. The first-order valence-corrected chi connectivity index (χ1v) is 9.28. The van der Waals surface area contributed by atoms with Crippen LogP contribution < -0.4 is 5.56 Å². The van der Waals surface area contributed by atoms with Gasteiger partial charge in [-0.15, -0.1) is 11.3 Å². The standard InChI is InChI=1S/C19H17N3O3S/c1-2-8-22(11-16-20-13-7-9-26-17(13)18(23)21-16)19(24)15-10-12-5-3-4-6-14(12)25-15/h3-7,9-10H,2,8,11H2,1H3,(H,20,21,23). The summed E-state index contributed by atoms with van der Waals surface area (Å²) in [4.78, 5) is 34.0. The summed E-state index contributed by atoms with van der Waals surface area (Å²) in [6.45, 7) is 2.77. The van der Waals surface area contributed by atoms with Crippen molar-refractivity contribution in [1.29, 1.82) is 0 Å². The van der Waals surface area contributed by atoms with Crippen LogP contribution in [0.1, 0.15) is 29.7 Å². The molecule has 0 atom stereocenters. The molecule has 0 spiro atoms. The fourth-order valence-electron chi connectivity index (χ4n) is 2.94. The number of hydrogen-bond acceptors (Lipinski definition) is 5. The number of carbonyl (C=O) groups is 1. The monoisotopic (exact) mass is 367 g/mol. The van der Waals surface area contributed by atoms with E-state index in [0.717, 1.165) is 11.8 Å². The maximum Gasteiger partial charge on any atom is 0.290 e. The maximum atomic E-state index is 12.9. The predicted octanol–water partition coefficient (Wildman–Crippen LogP) is 3.78. The second-order valence-corrected chi connectivity index (χ2v) is 6.94. The number of aromatic nitrogens is 2. The molecule has 132 valence electrons. The Morgan fingerprint density at radius 3 is 2.96 bits per heavy atom. The Kier molecular flexibility index (Phi) is 4.30. The van der Waals surface area contributed by atoms with E-state index < -0.39 is 0 Å². The van der Waals surface area contributed by atoms with Gasteiger partial charge in [0.25, 0.3) is 11.5 Å². The van der Waals surface area contributed by atoms with Crippen LogP contribution in [-0.4, -0.2) is 27.3 Å². The van der Waals surface area contributed by atoms with Crippen molar-refractivity contribution >= 4 is 38.4 Å². The average Bonchev–Trinajstić information content (AvgIpc) is 3.27. The minimum atomic E-state index is -0.212. The number of thiophene rings is 1. The summed E-state index contributed by atoms with van der Waals surface area (Å²) in [6.07, 6.45) is 0.789. The van der Waals surface area contributed by atoms with Crippen LogP contribution in [0.2, 0.25) is 0 Å². The highest BCUT2D eigenvalue weighted by atomic mass is 32.1. The number of amides is 1. The van der Waals surface area contributed by atoms with Gasteiger partial charge in [-0.3, -0.25) is 9.59 Å². The second-order valence-electron chi connectivity index (χ2n) is 6.02. The molecule has 0 aliphatic heterocycles. The number of furan rings is 1. The largest absolute Gasteiger partial charge is 0.451 e. The summed E-state index contributed by atoms with van der Waals surface area (Å²) in [5.41, 5.74) is 1.16. The minimum Gasteiger partial charge on any atom is -0.451 e. The Morgan fingerprint density at radius 2 is 2.15 bits per heavy atom. The molecule has 3 heterocycles. The Balaban J connectivity index is 1.65. The van der Waals surface area contributed by atoms with E-state index in [1.165, 1.54) is 11.3 Å². The summed E-state index contributed by atoms with van der Waals surface area (Å²) < 4.78 is 6.29. The van der Waals surface area contributed by atoms with E-state index in [-0.39, 0.29) is 18.0 Å². The lowest BCUT2D eigenvalue weighted by Gasteiger charge is -2.20. The van der Waals surface area contributed by atoms with Gasteiger partial charge in [0, 0.05) is 11.9 Å². The van der Waals surface area contributed by atoms with Gasteiger partial charge >= 0.3 is 0 Å². The molecule has 0 bridgehead atoms. The van der Waals surface area contributed by atoms with Crippen LogP contribution in [0.5, 0.6) is 0 Å². The molecule has 0 saturated heterocycles. The molecule has 1 amide bonds. The van der Waals surface area contributed by atoms with Crippen LogP contribution in [0, 0.1) is 0 Å². The van der Waals surface area contributed by atoms with Gasteiger partial charge in [0.2, 0.25) is 0 Å². The van der Waals surface area contributed by atoms with Gasteiger partial charge in [-0.25, -0.2) is 4.98 Å². The molecule has 6 nitrogen and oxygen atoms in total. The summed E-state index contributed by atoms with van der Waals surface area (Å²) in [5, 5.41) is 2.72. The normalized spacial score (nSPS) is 11.3. The number of nitrogens with zero attached hydrogens (tertiary/aromatic N) is 2. The molecular formula is C19H17N3O3S. The lowest BCUT2D eigenvalue weighted by molar-refractivity contribution is 0.0709. The van der Waals surface area contributed by atoms with E-state index in [1.807, 2.05) is 42.6 Å². The highest BCUT2D eigenvalue weighted by Gasteiger charge is 2.21. The highest BCUT2D eigenvalue weighted by Crippen LogP contribution is 2.21. The number of hydrogen-bond donors (Lipinski definition) is 1. The minimum absolute atomic E-state index is 0.173. The fraction of sp³-hybridized carbons (Fsp3) is 0.211. The molecule has 0 fully saturated rings. The summed E-state index contributed by atoms with van der Waals surface area (Å²) >= 11 is 1.36. The second kappa shape index (κ2) is 6.76. The van der Waals surface area contributed by atoms with E-state index in [9.17, 15) is 9.59 Å². The Hall–Kier alpha value is -2.93. The summed E-state index contributed by atoms with van der Waals surface area (Å²) in [7, 11) is 0. The van der Waals surface area contributed by atoms with Gasteiger partial charge in [0.15, 0.2) is 5.76 Å². The Labute approximate surface area is 153 Å². The fourth-order valence-corrected chi connectivity index (χ4v) is 3.67. The van der Waals surface area contributed by atoms with E-state index in [1.54, 1.807) is 11.0 Å². The number of nitrogens with one attached hydrogen (secondary N) is 1. The molecule has 4 rings (SSSR count). The van der Waals surface area contributed by atoms with Crippen molar-refractivity contribution in [2.24, 2.45) is 0 Å². The quantitative estimate of drug-likeness (QED) is 0.582. The summed E-state index contributed by atoms with van der Waals surface area (Å²) in [6, 6.07) is 11.1. The topological polar surface area (TPSA) is 79.2 Å². The number of benzene rings is 1. The van der Waals surface area contributed by atoms with Crippen LogP contribution in [0.4, 0.5) is 0 Å². The van der Waals surface area contributed by atoms with Gasteiger partial charge in [-0.05, 0) is 30.0 Å². The van der Waals surface area contributed by atoms with Crippen molar-refractivity contribution in [3.8, 4) is 0 Å². The molecule has 1 aromatic carbocycles. The molecule has 3 aromatic heterocycles. The average molecular weight is 367 g/mol. The SMILES string of the molecule is CCCN(Cc1nc2ccsc2c(=O)[nH]1)C(=O)c1cc2ccccc2o1. The number of aromatic amines is 1. The van der Waals surface area contributed by atoms with Crippen LogP contribution in [0.15, 0.2) is 51.0 Å². The smallest absolute Gasteiger partial charge is 0.290 e. The van der Waals surface area contributed by atoms with E-state index in [0.29, 0.717) is 33.9 Å². The van der Waals surface area contributed by atoms with E-state index in [4.69, 9.17) is 4.42 Å². The van der Waals surface area contributed by atoms with Crippen LogP contribution in [0.3, 0.4) is 0 Å². The third-order valence-corrected chi connectivity index (χ3v) is 5.02. The number of para-hydroxylation sites is 1. The van der Waals surface area contributed by atoms with Crippen LogP contribution >= 0.6 is 11.3 Å². The van der Waals surface area contributed by atoms with Gasteiger partial charge < -0.3 is 14.3 Å². The molecule has 4 aromatic rings. The third-order valence-electron chi connectivity index (χ3n) is 4.12. The van der Waals surface area contributed by atoms with E-state index in [2.05, 4.69) is 9.97 Å². The number of rotatable bonds is 5. The molecule has 0 radical (unpaired) electrons. The maximum absolute atomic E-state index is 12.9. The van der Waals surface area contributed by atoms with Crippen molar-refractivity contribution in [2.45, 2.75) is 19.9 Å². The third kappa shape index (κ3) is 3.01. The molecule has 0 aliphatic rings.